The molecule has 0 saturated heterocycles. The number of para-hydroxylation sites is 1. The fourth-order valence-corrected chi connectivity index (χ4v) is 3.55. The molecule has 0 unspecified atom stereocenters. The highest BCUT2D eigenvalue weighted by atomic mass is 32.1. The van der Waals surface area contributed by atoms with Gasteiger partial charge in [-0.05, 0) is 31.9 Å². The first kappa shape index (κ1) is 17.7. The average molecular weight is 335 g/mol. The van der Waals surface area contributed by atoms with Gasteiger partial charge in [0.05, 0.1) is 22.7 Å². The summed E-state index contributed by atoms with van der Waals surface area (Å²) in [5.74, 6) is -0.227. The number of fused-ring (bicyclic) bond motifs is 1. The molecular formula is C18H25NO3S. The van der Waals surface area contributed by atoms with Crippen molar-refractivity contribution in [2.45, 2.75) is 65.0 Å². The van der Waals surface area contributed by atoms with Gasteiger partial charge >= 0.3 is 10.8 Å². The van der Waals surface area contributed by atoms with Crippen LogP contribution in [-0.4, -0.2) is 16.6 Å². The minimum atomic E-state index is -0.227. The van der Waals surface area contributed by atoms with Crippen molar-refractivity contribution in [3.63, 3.8) is 0 Å². The van der Waals surface area contributed by atoms with Crippen LogP contribution in [0.5, 0.6) is 0 Å². The Kier molecular flexibility index (Phi) is 6.84. The van der Waals surface area contributed by atoms with Gasteiger partial charge in [0.2, 0.25) is 0 Å². The molecule has 0 N–H and O–H groups in total. The Bertz CT molecular complexity index is 689. The molecule has 1 aromatic heterocycles. The summed E-state index contributed by atoms with van der Waals surface area (Å²) in [4.78, 5) is 23.9. The lowest BCUT2D eigenvalue weighted by molar-refractivity contribution is -0.148. The third kappa shape index (κ3) is 5.20. The number of carbonyl (C=O) groups excluding carboxylic acids is 1. The van der Waals surface area contributed by atoms with Crippen LogP contribution in [0.3, 0.4) is 0 Å². The van der Waals surface area contributed by atoms with Crippen molar-refractivity contribution in [2.24, 2.45) is 0 Å². The minimum absolute atomic E-state index is 0.0217. The van der Waals surface area contributed by atoms with E-state index in [1.165, 1.54) is 30.6 Å². The first-order valence-corrected chi connectivity index (χ1v) is 9.21. The van der Waals surface area contributed by atoms with E-state index in [0.29, 0.717) is 6.54 Å². The Morgan fingerprint density at radius 2 is 2.04 bits per heavy atom. The number of esters is 1. The summed E-state index contributed by atoms with van der Waals surface area (Å²) < 4.78 is 8.04. The van der Waals surface area contributed by atoms with Crippen LogP contribution < -0.4 is 4.87 Å². The first-order valence-electron chi connectivity index (χ1n) is 8.39. The molecule has 2 rings (SSSR count). The zero-order chi connectivity index (χ0) is 16.7. The number of aromatic nitrogens is 1. The van der Waals surface area contributed by atoms with Gasteiger partial charge in [0.15, 0.2) is 0 Å². The van der Waals surface area contributed by atoms with E-state index < -0.39 is 0 Å². The Balaban J connectivity index is 1.82. The molecule has 0 fully saturated rings. The van der Waals surface area contributed by atoms with E-state index >= 15 is 0 Å². The molecule has 0 spiro atoms. The van der Waals surface area contributed by atoms with Crippen molar-refractivity contribution in [3.8, 4) is 0 Å². The lowest BCUT2D eigenvalue weighted by Gasteiger charge is -2.13. The average Bonchev–Trinajstić information content (AvgIpc) is 2.85. The normalized spacial score (nSPS) is 12.4. The molecule has 1 aromatic carbocycles. The lowest BCUT2D eigenvalue weighted by atomic mass is 10.1. The second kappa shape index (κ2) is 8.87. The fraction of sp³-hybridized carbons (Fsp3) is 0.556. The number of benzene rings is 1. The van der Waals surface area contributed by atoms with E-state index in [2.05, 4.69) is 6.92 Å². The largest absolute Gasteiger partial charge is 0.463 e. The summed E-state index contributed by atoms with van der Waals surface area (Å²) in [6.07, 6.45) is 5.82. The standard InChI is InChI=1S/C18H25NO3S/c1-3-4-5-6-9-14(2)22-17(20)12-13-19-15-10-7-8-11-16(15)23-18(19)21/h7-8,10-11,14H,3-6,9,12-13H2,1-2H3/t14-/m0/s1. The molecule has 0 bridgehead atoms. The van der Waals surface area contributed by atoms with Crippen LogP contribution in [0.25, 0.3) is 10.2 Å². The van der Waals surface area contributed by atoms with Crippen LogP contribution in [0, 0.1) is 0 Å². The smallest absolute Gasteiger partial charge is 0.308 e. The van der Waals surface area contributed by atoms with Gasteiger partial charge in [-0.15, -0.1) is 0 Å². The highest BCUT2D eigenvalue weighted by Gasteiger charge is 2.12. The molecule has 4 nitrogen and oxygen atoms in total. The maximum absolute atomic E-state index is 12.0. The van der Waals surface area contributed by atoms with E-state index in [9.17, 15) is 9.59 Å². The molecule has 1 heterocycles. The van der Waals surface area contributed by atoms with Crippen molar-refractivity contribution in [2.75, 3.05) is 0 Å². The molecule has 0 aliphatic heterocycles. The van der Waals surface area contributed by atoms with Crippen LogP contribution in [0.1, 0.15) is 52.4 Å². The van der Waals surface area contributed by atoms with E-state index in [4.69, 9.17) is 4.74 Å². The van der Waals surface area contributed by atoms with Gasteiger partial charge in [0, 0.05) is 6.54 Å². The molecule has 0 saturated carbocycles. The molecule has 0 radical (unpaired) electrons. The predicted octanol–water partition coefficient (Wildman–Crippen LogP) is 4.36. The van der Waals surface area contributed by atoms with Gasteiger partial charge in [-0.25, -0.2) is 0 Å². The molecular weight excluding hydrogens is 310 g/mol. The Hall–Kier alpha value is -1.62. The van der Waals surface area contributed by atoms with E-state index in [0.717, 1.165) is 23.1 Å². The number of thiazole rings is 1. The summed E-state index contributed by atoms with van der Waals surface area (Å²) in [5.41, 5.74) is 0.892. The SMILES string of the molecule is CCCCCC[C@H](C)OC(=O)CCn1c(=O)sc2ccccc21. The number of unbranched alkanes of at least 4 members (excludes halogenated alkanes) is 3. The fourth-order valence-electron chi connectivity index (χ4n) is 2.63. The number of nitrogens with zero attached hydrogens (tertiary/aromatic N) is 1. The lowest BCUT2D eigenvalue weighted by Crippen LogP contribution is -2.19. The van der Waals surface area contributed by atoms with Crippen molar-refractivity contribution < 1.29 is 9.53 Å². The summed E-state index contributed by atoms with van der Waals surface area (Å²) in [6.45, 7) is 4.50. The third-order valence-electron chi connectivity index (χ3n) is 3.91. The maximum Gasteiger partial charge on any atom is 0.308 e. The van der Waals surface area contributed by atoms with Gasteiger partial charge < -0.3 is 4.74 Å². The van der Waals surface area contributed by atoms with E-state index in [1.807, 2.05) is 31.2 Å². The van der Waals surface area contributed by atoms with E-state index in [1.54, 1.807) is 4.57 Å². The van der Waals surface area contributed by atoms with Crippen LogP contribution >= 0.6 is 11.3 Å². The first-order chi connectivity index (χ1) is 11.1. The zero-order valence-corrected chi connectivity index (χ0v) is 14.7. The zero-order valence-electron chi connectivity index (χ0n) is 13.9. The van der Waals surface area contributed by atoms with Crippen LogP contribution in [0.4, 0.5) is 0 Å². The number of ether oxygens (including phenoxy) is 1. The third-order valence-corrected chi connectivity index (χ3v) is 4.87. The van der Waals surface area contributed by atoms with Crippen molar-refractivity contribution in [1.29, 1.82) is 0 Å². The summed E-state index contributed by atoms with van der Waals surface area (Å²) in [6, 6.07) is 7.66. The Morgan fingerprint density at radius 3 is 2.83 bits per heavy atom. The number of hydrogen-bond acceptors (Lipinski definition) is 4. The van der Waals surface area contributed by atoms with Gasteiger partial charge in [0.1, 0.15) is 0 Å². The Morgan fingerprint density at radius 1 is 1.26 bits per heavy atom. The summed E-state index contributed by atoms with van der Waals surface area (Å²) in [7, 11) is 0. The van der Waals surface area contributed by atoms with Crippen molar-refractivity contribution >= 4 is 27.5 Å². The molecule has 0 aliphatic carbocycles. The molecule has 0 amide bonds. The molecule has 5 heteroatoms. The Labute approximate surface area is 141 Å². The van der Waals surface area contributed by atoms with Gasteiger partial charge in [-0.1, -0.05) is 49.7 Å². The van der Waals surface area contributed by atoms with E-state index in [-0.39, 0.29) is 23.4 Å². The topological polar surface area (TPSA) is 48.3 Å². The second-order valence-corrected chi connectivity index (χ2v) is 6.88. The van der Waals surface area contributed by atoms with Gasteiger partial charge in [-0.3, -0.25) is 14.2 Å². The number of rotatable bonds is 9. The highest BCUT2D eigenvalue weighted by molar-refractivity contribution is 7.16. The molecule has 1 atom stereocenters. The molecule has 23 heavy (non-hydrogen) atoms. The summed E-state index contributed by atoms with van der Waals surface area (Å²) >= 11 is 1.22. The van der Waals surface area contributed by atoms with Crippen LogP contribution in [0.15, 0.2) is 29.1 Å². The number of carbonyl (C=O) groups is 1. The second-order valence-electron chi connectivity index (χ2n) is 5.89. The minimum Gasteiger partial charge on any atom is -0.463 e. The quantitative estimate of drug-likeness (QED) is 0.505. The monoisotopic (exact) mass is 335 g/mol. The number of aryl methyl sites for hydroxylation is 1. The van der Waals surface area contributed by atoms with Crippen molar-refractivity contribution in [3.05, 3.63) is 33.9 Å². The summed E-state index contributed by atoms with van der Waals surface area (Å²) in [5, 5.41) is 0. The molecule has 0 aliphatic rings. The molecule has 126 valence electrons. The van der Waals surface area contributed by atoms with Crippen molar-refractivity contribution in [1.82, 2.24) is 4.57 Å². The van der Waals surface area contributed by atoms with Gasteiger partial charge in [0.25, 0.3) is 0 Å². The molecule has 2 aromatic rings. The highest BCUT2D eigenvalue weighted by Crippen LogP contribution is 2.17. The number of hydrogen-bond donors (Lipinski definition) is 0. The van der Waals surface area contributed by atoms with Gasteiger partial charge in [-0.2, -0.15) is 0 Å². The predicted molar refractivity (Wildman–Crippen MR) is 95.0 cm³/mol. The van der Waals surface area contributed by atoms with Crippen LogP contribution in [-0.2, 0) is 16.1 Å². The van der Waals surface area contributed by atoms with Crippen LogP contribution in [0.2, 0.25) is 0 Å². The maximum atomic E-state index is 12.0.